The number of allylic oxidation sites excluding steroid dienone is 4. The Bertz CT molecular complexity index is 1080. The Kier molecular flexibility index (Phi) is 5.17. The van der Waals surface area contributed by atoms with Gasteiger partial charge in [0.05, 0.1) is 17.6 Å². The van der Waals surface area contributed by atoms with Gasteiger partial charge in [-0.05, 0) is 50.8 Å². The van der Waals surface area contributed by atoms with Crippen molar-refractivity contribution in [2.75, 3.05) is 0 Å². The van der Waals surface area contributed by atoms with Crippen molar-refractivity contribution in [2.24, 2.45) is 11.3 Å². The number of rotatable bonds is 2. The van der Waals surface area contributed by atoms with Crippen molar-refractivity contribution in [3.8, 4) is 11.8 Å². The first-order valence-electron chi connectivity index (χ1n) is 11.6. The van der Waals surface area contributed by atoms with Crippen molar-refractivity contribution in [3.63, 3.8) is 0 Å². The Hall–Kier alpha value is -2.01. The summed E-state index contributed by atoms with van der Waals surface area (Å²) in [5.74, 6) is 4.75. The second-order valence-corrected chi connectivity index (χ2v) is 10.7. The van der Waals surface area contributed by atoms with Gasteiger partial charge >= 0.3 is 0 Å². The lowest BCUT2D eigenvalue weighted by Gasteiger charge is -2.41. The van der Waals surface area contributed by atoms with E-state index < -0.39 is 47.5 Å². The number of aliphatic hydroxyl groups is 3. The van der Waals surface area contributed by atoms with Crippen molar-refractivity contribution in [1.29, 1.82) is 0 Å². The molecule has 0 aromatic carbocycles. The van der Waals surface area contributed by atoms with E-state index in [1.54, 1.807) is 6.92 Å². The molecule has 0 bridgehead atoms. The van der Waals surface area contributed by atoms with Crippen LogP contribution in [-0.4, -0.2) is 63.3 Å². The van der Waals surface area contributed by atoms with Gasteiger partial charge in [-0.2, -0.15) is 0 Å². The van der Waals surface area contributed by atoms with Gasteiger partial charge in [0.15, 0.2) is 5.78 Å². The highest BCUT2D eigenvalue weighted by Gasteiger charge is 2.72. The number of hydrogen-bond donors (Lipinski definition) is 3. The highest BCUT2D eigenvalue weighted by Crippen LogP contribution is 2.62. The maximum atomic E-state index is 13.3. The zero-order valence-corrected chi connectivity index (χ0v) is 19.6. The smallest absolute Gasteiger partial charge is 0.179 e. The summed E-state index contributed by atoms with van der Waals surface area (Å²) in [6.45, 7) is 11.5. The molecule has 0 aromatic heterocycles. The van der Waals surface area contributed by atoms with E-state index in [9.17, 15) is 20.1 Å². The highest BCUT2D eigenvalue weighted by molar-refractivity contribution is 5.92. The predicted molar refractivity (Wildman–Crippen MR) is 122 cm³/mol. The van der Waals surface area contributed by atoms with E-state index in [1.807, 2.05) is 32.9 Å². The fourth-order valence-electron chi connectivity index (χ4n) is 6.23. The minimum Gasteiger partial charge on any atom is -0.390 e. The number of fused-ring (bicyclic) bond motifs is 3. The van der Waals surface area contributed by atoms with Gasteiger partial charge in [0.2, 0.25) is 0 Å². The van der Waals surface area contributed by atoms with Crippen LogP contribution in [0, 0.1) is 23.2 Å². The Labute approximate surface area is 194 Å². The Morgan fingerprint density at radius 2 is 1.97 bits per heavy atom. The highest BCUT2D eigenvalue weighted by atomic mass is 16.6. The van der Waals surface area contributed by atoms with Crippen LogP contribution in [0.1, 0.15) is 47.0 Å². The van der Waals surface area contributed by atoms with Crippen LogP contribution in [-0.2, 0) is 14.3 Å². The summed E-state index contributed by atoms with van der Waals surface area (Å²) >= 11 is 0. The van der Waals surface area contributed by atoms with Gasteiger partial charge in [-0.15, -0.1) is 0 Å². The van der Waals surface area contributed by atoms with Crippen LogP contribution in [0.3, 0.4) is 0 Å². The molecule has 0 aromatic rings. The molecule has 33 heavy (non-hydrogen) atoms. The maximum Gasteiger partial charge on any atom is 0.179 e. The zero-order valence-electron chi connectivity index (χ0n) is 19.6. The number of aliphatic hydroxyl groups excluding tert-OH is 3. The van der Waals surface area contributed by atoms with Crippen LogP contribution in [0.5, 0.6) is 0 Å². The molecule has 176 valence electrons. The van der Waals surface area contributed by atoms with Crippen molar-refractivity contribution >= 4 is 5.78 Å². The third-order valence-electron chi connectivity index (χ3n) is 7.85. The van der Waals surface area contributed by atoms with Crippen LogP contribution >= 0.6 is 0 Å². The number of ether oxygens (including phenoxy) is 2. The van der Waals surface area contributed by atoms with Crippen LogP contribution in [0.25, 0.3) is 0 Å². The minimum absolute atomic E-state index is 0.237. The molecule has 4 fully saturated rings. The number of hydrogen-bond acceptors (Lipinski definition) is 6. The molecule has 5 aliphatic rings. The van der Waals surface area contributed by atoms with Gasteiger partial charge in [0.25, 0.3) is 0 Å². The van der Waals surface area contributed by atoms with E-state index >= 15 is 0 Å². The van der Waals surface area contributed by atoms with E-state index in [1.165, 1.54) is 0 Å². The molecule has 6 heteroatoms. The molecule has 2 unspecified atom stereocenters. The van der Waals surface area contributed by atoms with E-state index in [0.717, 1.165) is 16.7 Å². The summed E-state index contributed by atoms with van der Waals surface area (Å²) in [7, 11) is 0. The number of epoxide rings is 2. The van der Waals surface area contributed by atoms with Gasteiger partial charge in [0.1, 0.15) is 35.9 Å². The molecule has 3 aliphatic carbocycles. The Morgan fingerprint density at radius 3 is 2.64 bits per heavy atom. The Balaban J connectivity index is 1.56. The number of Topliss-reactive ketones (excluding diaryl/α,β-unsaturated/α-hetero) is 1. The molecule has 5 rings (SSSR count). The van der Waals surface area contributed by atoms with E-state index in [-0.39, 0.29) is 18.3 Å². The van der Waals surface area contributed by atoms with Gasteiger partial charge < -0.3 is 24.8 Å². The molecular weight excluding hydrogens is 420 g/mol. The molecule has 3 N–H and O–H groups in total. The van der Waals surface area contributed by atoms with E-state index in [2.05, 4.69) is 18.4 Å². The van der Waals surface area contributed by atoms with Crippen LogP contribution < -0.4 is 0 Å². The minimum atomic E-state index is -1.31. The molecule has 1 spiro atoms. The lowest BCUT2D eigenvalue weighted by Crippen LogP contribution is -2.54. The standard InChI is InChI=1S/C27H32O6/c1-13(2)6-7-16-20(29)23(31)26(25-21(16)32-25)12-15(5)10-18(26)17-11-19(28)24-27(33-24,22(17)30)9-8-14(3)4/h8,10,16,19,21-25,28,30-31H,1,9,11-12H2,2-5H3/b18-17+/t16-,19-,21+,22+,23?,24-,25+,26?,27+/m1/s1. The largest absolute Gasteiger partial charge is 0.390 e. The number of carbonyl (C=O) groups excluding carboxylic acids is 1. The molecule has 6 nitrogen and oxygen atoms in total. The summed E-state index contributed by atoms with van der Waals surface area (Å²) in [5, 5.41) is 33.7. The molecule has 0 radical (unpaired) electrons. The quantitative estimate of drug-likeness (QED) is 0.337. The first-order chi connectivity index (χ1) is 15.5. The monoisotopic (exact) mass is 452 g/mol. The predicted octanol–water partition coefficient (Wildman–Crippen LogP) is 2.15. The molecular formula is C27H32O6. The summed E-state index contributed by atoms with van der Waals surface area (Å²) in [5.41, 5.74) is 2.28. The third kappa shape index (κ3) is 3.25. The SMILES string of the molecule is C=C(C)C#C[C@@H]1C(=O)C(O)C2(CC(C)=C/C2=C2/C[C@@H](O)[C@H]3O[C@@]3(CC=C(C)C)[C@H]2O)[C@H]2O[C@@H]12. The molecule has 2 saturated heterocycles. The lowest BCUT2D eigenvalue weighted by molar-refractivity contribution is -0.137. The summed E-state index contributed by atoms with van der Waals surface area (Å²) in [4.78, 5) is 13.3. The summed E-state index contributed by atoms with van der Waals surface area (Å²) < 4.78 is 11.9. The lowest BCUT2D eigenvalue weighted by atomic mass is 9.61. The fourth-order valence-corrected chi connectivity index (χ4v) is 6.23. The zero-order chi connectivity index (χ0) is 23.9. The topological polar surface area (TPSA) is 103 Å². The van der Waals surface area contributed by atoms with E-state index in [0.29, 0.717) is 24.0 Å². The van der Waals surface area contributed by atoms with Crippen molar-refractivity contribution in [3.05, 3.63) is 46.6 Å². The van der Waals surface area contributed by atoms with Crippen LogP contribution in [0.4, 0.5) is 0 Å². The number of ketones is 1. The third-order valence-corrected chi connectivity index (χ3v) is 7.85. The Morgan fingerprint density at radius 1 is 1.24 bits per heavy atom. The summed E-state index contributed by atoms with van der Waals surface area (Å²) in [6.07, 6.45) is 0.987. The van der Waals surface area contributed by atoms with Gasteiger partial charge in [-0.3, -0.25) is 4.79 Å². The van der Waals surface area contributed by atoms with Crippen LogP contribution in [0.15, 0.2) is 46.6 Å². The van der Waals surface area contributed by atoms with Gasteiger partial charge in [0, 0.05) is 12.8 Å². The molecule has 0 amide bonds. The molecule has 2 saturated carbocycles. The maximum absolute atomic E-state index is 13.3. The fraction of sp³-hybridized carbons (Fsp3) is 0.593. The van der Waals surface area contributed by atoms with Gasteiger partial charge in [-0.25, -0.2) is 0 Å². The second-order valence-electron chi connectivity index (χ2n) is 10.7. The van der Waals surface area contributed by atoms with E-state index in [4.69, 9.17) is 9.47 Å². The average molecular weight is 453 g/mol. The van der Waals surface area contributed by atoms with Gasteiger partial charge in [-0.1, -0.05) is 41.7 Å². The second kappa shape index (κ2) is 7.49. The van der Waals surface area contributed by atoms with Crippen LogP contribution in [0.2, 0.25) is 0 Å². The van der Waals surface area contributed by atoms with Crippen molar-refractivity contribution in [1.82, 2.24) is 0 Å². The first-order valence-corrected chi connectivity index (χ1v) is 11.6. The average Bonchev–Trinajstić information content (AvgIpc) is 3.65. The number of carbonyl (C=O) groups is 1. The summed E-state index contributed by atoms with van der Waals surface area (Å²) in [6, 6.07) is 0. The molecule has 9 atom stereocenters. The molecule has 2 heterocycles. The normalized spacial score (nSPS) is 47.2. The van der Waals surface area contributed by atoms with Crippen molar-refractivity contribution < 1.29 is 29.6 Å². The first kappa shape index (κ1) is 22.8. The van der Waals surface area contributed by atoms with Crippen molar-refractivity contribution in [2.45, 2.75) is 89.2 Å². The molecule has 2 aliphatic heterocycles.